The second-order valence-corrected chi connectivity index (χ2v) is 7.73. The van der Waals surface area contributed by atoms with Crippen LogP contribution in [0.3, 0.4) is 0 Å². The summed E-state index contributed by atoms with van der Waals surface area (Å²) in [6, 6.07) is 7.98. The first kappa shape index (κ1) is 20.2. The van der Waals surface area contributed by atoms with Crippen molar-refractivity contribution in [3.05, 3.63) is 29.8 Å². The van der Waals surface area contributed by atoms with E-state index in [2.05, 4.69) is 47.8 Å². The zero-order chi connectivity index (χ0) is 19.2. The maximum Gasteiger partial charge on any atom is 0.225 e. The van der Waals surface area contributed by atoms with Crippen molar-refractivity contribution in [3.63, 3.8) is 0 Å². The van der Waals surface area contributed by atoms with Crippen LogP contribution < -0.4 is 16.0 Å². The molecule has 1 heterocycles. The summed E-state index contributed by atoms with van der Waals surface area (Å²) in [5.41, 5.74) is 2.10. The van der Waals surface area contributed by atoms with Crippen molar-refractivity contribution >= 4 is 17.6 Å². The van der Waals surface area contributed by atoms with Crippen LogP contribution in [-0.4, -0.2) is 44.7 Å². The van der Waals surface area contributed by atoms with Gasteiger partial charge in [0.15, 0.2) is 5.96 Å². The fraction of sp³-hybridized carbons (Fsp3) is 0.600. The molecule has 1 aliphatic rings. The van der Waals surface area contributed by atoms with E-state index >= 15 is 0 Å². The smallest absolute Gasteiger partial charge is 0.225 e. The van der Waals surface area contributed by atoms with E-state index in [9.17, 15) is 4.79 Å². The molecule has 0 radical (unpaired) electrons. The number of para-hydroxylation sites is 1. The molecule has 2 atom stereocenters. The number of guanidine groups is 1. The SMILES string of the molecule is CCNC(=NCC(OC)C(C)(C)C)NCC1CC(=O)Nc2ccccc21. The third-order valence-corrected chi connectivity index (χ3v) is 4.63. The topological polar surface area (TPSA) is 74.8 Å². The highest BCUT2D eigenvalue weighted by atomic mass is 16.5. The predicted molar refractivity (Wildman–Crippen MR) is 107 cm³/mol. The second-order valence-electron chi connectivity index (χ2n) is 7.73. The minimum Gasteiger partial charge on any atom is -0.379 e. The van der Waals surface area contributed by atoms with Crippen LogP contribution in [0.15, 0.2) is 29.3 Å². The quantitative estimate of drug-likeness (QED) is 0.539. The molecule has 3 N–H and O–H groups in total. The normalized spacial score (nSPS) is 18.7. The fourth-order valence-corrected chi connectivity index (χ4v) is 3.12. The number of hydrogen-bond donors (Lipinski definition) is 3. The van der Waals surface area contributed by atoms with Gasteiger partial charge < -0.3 is 20.7 Å². The van der Waals surface area contributed by atoms with Crippen molar-refractivity contribution in [2.45, 2.75) is 46.1 Å². The Hall–Kier alpha value is -2.08. The standard InChI is InChI=1S/C20H32N4O2/c1-6-21-19(23-13-17(26-5)20(2,3)4)22-12-14-11-18(25)24-16-10-8-7-9-15(14)16/h7-10,14,17H,6,11-13H2,1-5H3,(H,24,25)(H2,21,22,23). The van der Waals surface area contributed by atoms with Gasteiger partial charge in [0.05, 0.1) is 12.6 Å². The molecule has 1 aromatic carbocycles. The minimum absolute atomic E-state index is 0.0238. The maximum atomic E-state index is 12.0. The lowest BCUT2D eigenvalue weighted by Crippen LogP contribution is -2.42. The summed E-state index contributed by atoms with van der Waals surface area (Å²) in [6.07, 6.45) is 0.519. The molecule has 26 heavy (non-hydrogen) atoms. The Bertz CT molecular complexity index is 637. The molecule has 0 aromatic heterocycles. The summed E-state index contributed by atoms with van der Waals surface area (Å²) in [6.45, 7) is 10.5. The van der Waals surface area contributed by atoms with Gasteiger partial charge in [-0.05, 0) is 24.0 Å². The number of nitrogens with zero attached hydrogens (tertiary/aromatic N) is 1. The zero-order valence-corrected chi connectivity index (χ0v) is 16.6. The van der Waals surface area contributed by atoms with E-state index in [4.69, 9.17) is 4.74 Å². The summed E-state index contributed by atoms with van der Waals surface area (Å²) in [7, 11) is 1.73. The minimum atomic E-state index is 0.0238. The average Bonchev–Trinajstić information content (AvgIpc) is 2.58. The molecular weight excluding hydrogens is 328 g/mol. The number of aliphatic imine (C=N–C) groups is 1. The molecule has 1 aliphatic heterocycles. The van der Waals surface area contributed by atoms with Crippen LogP contribution in [0, 0.1) is 5.41 Å². The van der Waals surface area contributed by atoms with E-state index in [1.807, 2.05) is 25.1 Å². The van der Waals surface area contributed by atoms with Crippen molar-refractivity contribution in [3.8, 4) is 0 Å². The molecule has 0 spiro atoms. The van der Waals surface area contributed by atoms with Gasteiger partial charge in [-0.2, -0.15) is 0 Å². The Morgan fingerprint density at radius 2 is 2.08 bits per heavy atom. The molecule has 0 fully saturated rings. The molecule has 2 unspecified atom stereocenters. The van der Waals surface area contributed by atoms with Crippen LogP contribution in [0.5, 0.6) is 0 Å². The molecule has 0 aliphatic carbocycles. The van der Waals surface area contributed by atoms with Crippen molar-refractivity contribution in [2.75, 3.05) is 32.1 Å². The number of anilines is 1. The van der Waals surface area contributed by atoms with Crippen LogP contribution in [0.1, 0.15) is 45.6 Å². The molecule has 2 rings (SSSR count). The number of nitrogens with one attached hydrogen (secondary N) is 3. The number of methoxy groups -OCH3 is 1. The van der Waals surface area contributed by atoms with E-state index in [0.29, 0.717) is 19.5 Å². The summed E-state index contributed by atoms with van der Waals surface area (Å²) in [5, 5.41) is 9.59. The highest BCUT2D eigenvalue weighted by molar-refractivity contribution is 5.94. The van der Waals surface area contributed by atoms with Crippen molar-refractivity contribution in [1.29, 1.82) is 0 Å². The molecule has 0 bridgehead atoms. The first-order chi connectivity index (χ1) is 12.3. The number of fused-ring (bicyclic) bond motifs is 1. The summed E-state index contributed by atoms with van der Waals surface area (Å²) in [4.78, 5) is 16.6. The zero-order valence-electron chi connectivity index (χ0n) is 16.6. The number of hydrogen-bond acceptors (Lipinski definition) is 3. The maximum absolute atomic E-state index is 12.0. The third-order valence-electron chi connectivity index (χ3n) is 4.63. The molecule has 144 valence electrons. The highest BCUT2D eigenvalue weighted by Gasteiger charge is 2.26. The van der Waals surface area contributed by atoms with Gasteiger partial charge in [-0.15, -0.1) is 0 Å². The second kappa shape index (κ2) is 9.03. The van der Waals surface area contributed by atoms with Crippen LogP contribution >= 0.6 is 0 Å². The van der Waals surface area contributed by atoms with Crippen LogP contribution in [0.4, 0.5) is 5.69 Å². The Morgan fingerprint density at radius 3 is 2.73 bits per heavy atom. The van der Waals surface area contributed by atoms with Gasteiger partial charge in [0.1, 0.15) is 0 Å². The lowest BCUT2D eigenvalue weighted by atomic mass is 9.89. The number of rotatable bonds is 6. The fourth-order valence-electron chi connectivity index (χ4n) is 3.12. The first-order valence-electron chi connectivity index (χ1n) is 9.29. The van der Waals surface area contributed by atoms with Crippen molar-refractivity contribution in [2.24, 2.45) is 10.4 Å². The number of carbonyl (C=O) groups is 1. The summed E-state index contributed by atoms with van der Waals surface area (Å²) in [5.74, 6) is 0.941. The Morgan fingerprint density at radius 1 is 1.35 bits per heavy atom. The van der Waals surface area contributed by atoms with Crippen molar-refractivity contribution in [1.82, 2.24) is 10.6 Å². The molecule has 6 heteroatoms. The van der Waals surface area contributed by atoms with E-state index in [0.717, 1.165) is 18.2 Å². The van der Waals surface area contributed by atoms with Gasteiger partial charge in [0, 0.05) is 38.2 Å². The van der Waals surface area contributed by atoms with Gasteiger partial charge in [-0.1, -0.05) is 39.0 Å². The monoisotopic (exact) mass is 360 g/mol. The van der Waals surface area contributed by atoms with E-state index in [1.165, 1.54) is 5.56 Å². The number of carbonyl (C=O) groups excluding carboxylic acids is 1. The Labute approximate surface area is 156 Å². The molecule has 0 saturated carbocycles. The lowest BCUT2D eigenvalue weighted by Gasteiger charge is -2.29. The third kappa shape index (κ3) is 5.46. The van der Waals surface area contributed by atoms with E-state index in [1.54, 1.807) is 7.11 Å². The molecule has 1 aromatic rings. The van der Waals surface area contributed by atoms with Crippen molar-refractivity contribution < 1.29 is 9.53 Å². The number of amides is 1. The molecule has 0 saturated heterocycles. The Kier molecular flexibility index (Phi) is 7.03. The first-order valence-corrected chi connectivity index (χ1v) is 9.29. The molecular formula is C20H32N4O2. The van der Waals surface area contributed by atoms with E-state index in [-0.39, 0.29) is 23.3 Å². The van der Waals surface area contributed by atoms with Gasteiger partial charge in [0.25, 0.3) is 0 Å². The molecule has 6 nitrogen and oxygen atoms in total. The van der Waals surface area contributed by atoms with Crippen LogP contribution in [0.25, 0.3) is 0 Å². The van der Waals surface area contributed by atoms with Crippen LogP contribution in [0.2, 0.25) is 0 Å². The lowest BCUT2D eigenvalue weighted by molar-refractivity contribution is -0.116. The summed E-state index contributed by atoms with van der Waals surface area (Å²) >= 11 is 0. The van der Waals surface area contributed by atoms with Gasteiger partial charge in [-0.3, -0.25) is 9.79 Å². The predicted octanol–water partition coefficient (Wildman–Crippen LogP) is 2.73. The highest BCUT2D eigenvalue weighted by Crippen LogP contribution is 2.31. The average molecular weight is 361 g/mol. The molecule has 1 amide bonds. The largest absolute Gasteiger partial charge is 0.379 e. The van der Waals surface area contributed by atoms with E-state index < -0.39 is 0 Å². The van der Waals surface area contributed by atoms with Gasteiger partial charge >= 0.3 is 0 Å². The van der Waals surface area contributed by atoms with Gasteiger partial charge in [0.2, 0.25) is 5.91 Å². The van der Waals surface area contributed by atoms with Gasteiger partial charge in [-0.25, -0.2) is 0 Å². The summed E-state index contributed by atoms with van der Waals surface area (Å²) < 4.78 is 5.58. The number of benzene rings is 1. The van der Waals surface area contributed by atoms with Crippen LogP contribution in [-0.2, 0) is 9.53 Å². The number of ether oxygens (including phenoxy) is 1. The Balaban J connectivity index is 2.04.